The van der Waals surface area contributed by atoms with Gasteiger partial charge in [-0.25, -0.2) is 9.97 Å². The predicted molar refractivity (Wildman–Crippen MR) is 78.2 cm³/mol. The monoisotopic (exact) mass is 327 g/mol. The number of carbonyl (C=O) groups is 1. The molecule has 6 nitrogen and oxygen atoms in total. The molecule has 0 unspecified atom stereocenters. The molecule has 0 aliphatic carbocycles. The zero-order valence-electron chi connectivity index (χ0n) is 10.9. The van der Waals surface area contributed by atoms with Crippen LogP contribution >= 0.6 is 15.9 Å². The molecular weight excluding hydrogens is 310 g/mol. The molecule has 19 heavy (non-hydrogen) atoms. The quantitative estimate of drug-likeness (QED) is 0.861. The lowest BCUT2D eigenvalue weighted by Gasteiger charge is -2.15. The Bertz CT molecular complexity index is 448. The summed E-state index contributed by atoms with van der Waals surface area (Å²) in [7, 11) is 1.80. The second-order valence-corrected chi connectivity index (χ2v) is 5.19. The largest absolute Gasteiger partial charge is 0.372 e. The molecule has 0 saturated carbocycles. The Labute approximate surface area is 121 Å². The smallest absolute Gasteiger partial charge is 0.224 e. The first-order chi connectivity index (χ1) is 9.22. The third-order valence-electron chi connectivity index (χ3n) is 3.12. The lowest BCUT2D eigenvalue weighted by atomic mass is 10.3. The Kier molecular flexibility index (Phi) is 4.95. The lowest BCUT2D eigenvalue weighted by molar-refractivity contribution is -0.129. The van der Waals surface area contributed by atoms with Gasteiger partial charge in [0, 0.05) is 33.1 Å². The highest BCUT2D eigenvalue weighted by Gasteiger charge is 2.17. The van der Waals surface area contributed by atoms with Crippen LogP contribution in [0.1, 0.15) is 19.3 Å². The van der Waals surface area contributed by atoms with Gasteiger partial charge in [0.15, 0.2) is 0 Å². The van der Waals surface area contributed by atoms with Gasteiger partial charge in [-0.1, -0.05) is 0 Å². The van der Waals surface area contributed by atoms with Gasteiger partial charge in [-0.2, -0.15) is 0 Å². The minimum Gasteiger partial charge on any atom is -0.372 e. The number of nitrogens with zero attached hydrogens (tertiary/aromatic N) is 3. The maximum absolute atomic E-state index is 11.9. The molecule has 1 saturated heterocycles. The SMILES string of the molecule is CNc1ncnc(NCCC(=O)N2CCCC2)c1Br. The van der Waals surface area contributed by atoms with Crippen LogP contribution in [-0.2, 0) is 4.79 Å². The maximum atomic E-state index is 11.9. The molecule has 1 fully saturated rings. The molecule has 1 amide bonds. The van der Waals surface area contributed by atoms with Gasteiger partial charge < -0.3 is 15.5 Å². The third kappa shape index (κ3) is 3.56. The number of amides is 1. The Hall–Kier alpha value is -1.37. The van der Waals surface area contributed by atoms with Crippen molar-refractivity contribution in [1.29, 1.82) is 0 Å². The van der Waals surface area contributed by atoms with E-state index in [4.69, 9.17) is 0 Å². The van der Waals surface area contributed by atoms with Gasteiger partial charge in [-0.15, -0.1) is 0 Å². The van der Waals surface area contributed by atoms with Gasteiger partial charge >= 0.3 is 0 Å². The van der Waals surface area contributed by atoms with Gasteiger partial charge in [0.05, 0.1) is 0 Å². The van der Waals surface area contributed by atoms with Crippen LogP contribution in [0.4, 0.5) is 11.6 Å². The molecule has 1 aromatic rings. The van der Waals surface area contributed by atoms with Crippen LogP contribution in [0.15, 0.2) is 10.8 Å². The summed E-state index contributed by atoms with van der Waals surface area (Å²) in [6.07, 6.45) is 4.23. The summed E-state index contributed by atoms with van der Waals surface area (Å²) in [4.78, 5) is 22.0. The molecule has 0 atom stereocenters. The summed E-state index contributed by atoms with van der Waals surface area (Å²) in [5.74, 6) is 1.64. The molecular formula is C12H18BrN5O. The molecule has 0 spiro atoms. The second-order valence-electron chi connectivity index (χ2n) is 4.40. The molecule has 104 valence electrons. The summed E-state index contributed by atoms with van der Waals surface area (Å²) in [6, 6.07) is 0. The van der Waals surface area contributed by atoms with Crippen LogP contribution in [0.2, 0.25) is 0 Å². The highest BCUT2D eigenvalue weighted by atomic mass is 79.9. The van der Waals surface area contributed by atoms with E-state index in [9.17, 15) is 4.79 Å². The van der Waals surface area contributed by atoms with Crippen LogP contribution in [0.5, 0.6) is 0 Å². The number of anilines is 2. The van der Waals surface area contributed by atoms with Gasteiger partial charge in [0.1, 0.15) is 22.4 Å². The van der Waals surface area contributed by atoms with E-state index in [0.29, 0.717) is 18.8 Å². The van der Waals surface area contributed by atoms with E-state index < -0.39 is 0 Å². The summed E-state index contributed by atoms with van der Waals surface area (Å²) < 4.78 is 0.783. The molecule has 7 heteroatoms. The van der Waals surface area contributed by atoms with Crippen molar-refractivity contribution in [3.8, 4) is 0 Å². The minimum atomic E-state index is 0.212. The van der Waals surface area contributed by atoms with Gasteiger partial charge in [0.2, 0.25) is 5.91 Å². The van der Waals surface area contributed by atoms with Crippen LogP contribution in [0.25, 0.3) is 0 Å². The van der Waals surface area contributed by atoms with Crippen molar-refractivity contribution in [1.82, 2.24) is 14.9 Å². The zero-order valence-corrected chi connectivity index (χ0v) is 12.5. The fourth-order valence-corrected chi connectivity index (χ4v) is 2.62. The van der Waals surface area contributed by atoms with E-state index >= 15 is 0 Å². The average molecular weight is 328 g/mol. The summed E-state index contributed by atoms with van der Waals surface area (Å²) in [5.41, 5.74) is 0. The number of hydrogen-bond donors (Lipinski definition) is 2. The number of aromatic nitrogens is 2. The molecule has 2 N–H and O–H groups in total. The van der Waals surface area contributed by atoms with Crippen molar-refractivity contribution >= 4 is 33.5 Å². The highest BCUT2D eigenvalue weighted by Crippen LogP contribution is 2.25. The number of hydrogen-bond acceptors (Lipinski definition) is 5. The van der Waals surface area contributed by atoms with Crippen molar-refractivity contribution < 1.29 is 4.79 Å². The van der Waals surface area contributed by atoms with E-state index in [2.05, 4.69) is 36.5 Å². The highest BCUT2D eigenvalue weighted by molar-refractivity contribution is 9.10. The Morgan fingerprint density at radius 1 is 1.37 bits per heavy atom. The Balaban J connectivity index is 1.83. The second kappa shape index (κ2) is 6.70. The topological polar surface area (TPSA) is 70.1 Å². The van der Waals surface area contributed by atoms with Crippen LogP contribution in [-0.4, -0.2) is 47.5 Å². The molecule has 1 aliphatic rings. The van der Waals surface area contributed by atoms with Crippen LogP contribution in [0, 0.1) is 0 Å². The summed E-state index contributed by atoms with van der Waals surface area (Å²) >= 11 is 3.43. The van der Waals surface area contributed by atoms with Crippen molar-refractivity contribution in [3.63, 3.8) is 0 Å². The van der Waals surface area contributed by atoms with Crippen molar-refractivity contribution in [2.45, 2.75) is 19.3 Å². The average Bonchev–Trinajstić information content (AvgIpc) is 2.94. The molecule has 0 bridgehead atoms. The minimum absolute atomic E-state index is 0.212. The predicted octanol–water partition coefficient (Wildman–Crippen LogP) is 1.71. The molecule has 1 aliphatic heterocycles. The van der Waals surface area contributed by atoms with Gasteiger partial charge in [0.25, 0.3) is 0 Å². The van der Waals surface area contributed by atoms with E-state index in [1.807, 2.05) is 4.90 Å². The lowest BCUT2D eigenvalue weighted by Crippen LogP contribution is -2.29. The van der Waals surface area contributed by atoms with E-state index in [1.165, 1.54) is 6.33 Å². The molecule has 0 radical (unpaired) electrons. The fourth-order valence-electron chi connectivity index (χ4n) is 2.08. The normalized spacial score (nSPS) is 14.5. The number of likely N-dealkylation sites (tertiary alicyclic amines) is 1. The first kappa shape index (κ1) is 14.0. The first-order valence-electron chi connectivity index (χ1n) is 6.42. The Morgan fingerprint density at radius 3 is 2.74 bits per heavy atom. The van der Waals surface area contributed by atoms with E-state index in [0.717, 1.165) is 36.2 Å². The van der Waals surface area contributed by atoms with Gasteiger partial charge in [-0.05, 0) is 28.8 Å². The number of halogens is 1. The number of nitrogens with one attached hydrogen (secondary N) is 2. The standard InChI is InChI=1S/C12H18BrN5O/c1-14-11-10(13)12(17-8-16-11)15-5-4-9(19)18-6-2-3-7-18/h8H,2-7H2,1H3,(H2,14,15,16,17). The van der Waals surface area contributed by atoms with Gasteiger partial charge in [-0.3, -0.25) is 4.79 Å². The molecule has 2 rings (SSSR count). The van der Waals surface area contributed by atoms with Crippen molar-refractivity contribution in [2.24, 2.45) is 0 Å². The Morgan fingerprint density at radius 2 is 2.05 bits per heavy atom. The van der Waals surface area contributed by atoms with Crippen molar-refractivity contribution in [3.05, 3.63) is 10.8 Å². The van der Waals surface area contributed by atoms with E-state index in [1.54, 1.807) is 7.05 Å². The number of rotatable bonds is 5. The molecule has 1 aromatic heterocycles. The summed E-state index contributed by atoms with van der Waals surface area (Å²) in [6.45, 7) is 2.38. The van der Waals surface area contributed by atoms with Crippen LogP contribution < -0.4 is 10.6 Å². The van der Waals surface area contributed by atoms with Crippen LogP contribution in [0.3, 0.4) is 0 Å². The molecule has 2 heterocycles. The van der Waals surface area contributed by atoms with E-state index in [-0.39, 0.29) is 5.91 Å². The maximum Gasteiger partial charge on any atom is 0.224 e. The fraction of sp³-hybridized carbons (Fsp3) is 0.583. The third-order valence-corrected chi connectivity index (χ3v) is 3.87. The number of carbonyl (C=O) groups excluding carboxylic acids is 1. The summed E-state index contributed by atoms with van der Waals surface area (Å²) in [5, 5.41) is 6.12. The van der Waals surface area contributed by atoms with Crippen molar-refractivity contribution in [2.75, 3.05) is 37.3 Å². The zero-order chi connectivity index (χ0) is 13.7. The molecule has 0 aromatic carbocycles. The first-order valence-corrected chi connectivity index (χ1v) is 7.21.